The Bertz CT molecular complexity index is 442. The molecule has 0 fully saturated rings. The van der Waals surface area contributed by atoms with E-state index in [2.05, 4.69) is 10.0 Å². The van der Waals surface area contributed by atoms with E-state index in [1.807, 2.05) is 0 Å². The monoisotopic (exact) mass is 223 g/mol. The summed E-state index contributed by atoms with van der Waals surface area (Å²) in [5, 5.41) is 30.4. The number of aliphatic hydroxyl groups is 2. The molecule has 0 radical (unpaired) electrons. The normalized spacial score (nSPS) is 13.6. The van der Waals surface area contributed by atoms with E-state index >= 15 is 0 Å². The third kappa shape index (κ3) is 2.71. The number of hydrogen-bond donors (Lipinski definition) is 3. The molecule has 0 amide bonds. The first-order valence-electron chi connectivity index (χ1n) is 4.30. The van der Waals surface area contributed by atoms with Crippen LogP contribution in [0.1, 0.15) is 11.7 Å². The highest BCUT2D eigenvalue weighted by atomic mass is 16.4. The second-order valence-corrected chi connectivity index (χ2v) is 3.01. The lowest BCUT2D eigenvalue weighted by Gasteiger charge is -2.14. The fourth-order valence-corrected chi connectivity index (χ4v) is 1.14. The van der Waals surface area contributed by atoms with E-state index in [1.54, 1.807) is 0 Å². The van der Waals surface area contributed by atoms with E-state index in [0.29, 0.717) is 0 Å². The van der Waals surface area contributed by atoms with Crippen molar-refractivity contribution in [3.63, 3.8) is 0 Å². The molecule has 7 nitrogen and oxygen atoms in total. The first-order valence-corrected chi connectivity index (χ1v) is 4.30. The maximum atomic E-state index is 10.4. The summed E-state index contributed by atoms with van der Waals surface area (Å²) >= 11 is 0. The van der Waals surface area contributed by atoms with Gasteiger partial charge in [0.2, 0.25) is 0 Å². The van der Waals surface area contributed by atoms with Crippen LogP contribution in [0.15, 0.2) is 29.4 Å². The number of rotatable bonds is 4. The predicted molar refractivity (Wildman–Crippen MR) is 53.9 cm³/mol. The summed E-state index contributed by atoms with van der Waals surface area (Å²) in [6.45, 7) is 0. The molecule has 0 bridgehead atoms. The van der Waals surface area contributed by atoms with E-state index in [0.717, 1.165) is 0 Å². The minimum atomic E-state index is -1.92. The van der Waals surface area contributed by atoms with E-state index in [9.17, 15) is 9.90 Å². The number of carboxylic acid groups (broad SMARTS) is 1. The summed E-state index contributed by atoms with van der Waals surface area (Å²) < 4.78 is 0. The molecule has 7 heteroatoms. The standard InChI is InChI=1S/C9H9N3O4/c10-12-11-6-3-1-2-5(4-6)7(13)8(14)9(15)16/h1-4,7-8,13-14H,(H,15,16). The molecule has 84 valence electrons. The van der Waals surface area contributed by atoms with Crippen LogP contribution in [0.25, 0.3) is 10.4 Å². The molecule has 0 aliphatic carbocycles. The Morgan fingerprint density at radius 1 is 1.44 bits per heavy atom. The Labute approximate surface area is 90.2 Å². The molecule has 0 aliphatic rings. The van der Waals surface area contributed by atoms with Gasteiger partial charge in [-0.05, 0) is 17.2 Å². The first kappa shape index (κ1) is 12.0. The zero-order valence-corrected chi connectivity index (χ0v) is 8.06. The van der Waals surface area contributed by atoms with Gasteiger partial charge in [-0.1, -0.05) is 23.3 Å². The van der Waals surface area contributed by atoms with E-state index in [4.69, 9.17) is 15.7 Å². The van der Waals surface area contributed by atoms with Crippen molar-refractivity contribution in [1.82, 2.24) is 0 Å². The van der Waals surface area contributed by atoms with Crippen molar-refractivity contribution >= 4 is 11.7 Å². The fraction of sp³-hybridized carbons (Fsp3) is 0.222. The fourth-order valence-electron chi connectivity index (χ4n) is 1.14. The van der Waals surface area contributed by atoms with Gasteiger partial charge in [0.05, 0.1) is 0 Å². The van der Waals surface area contributed by atoms with Gasteiger partial charge in [-0.2, -0.15) is 0 Å². The highest BCUT2D eigenvalue weighted by molar-refractivity contribution is 5.73. The Hall–Kier alpha value is -2.08. The van der Waals surface area contributed by atoms with Crippen LogP contribution < -0.4 is 0 Å². The Morgan fingerprint density at radius 2 is 2.12 bits per heavy atom. The van der Waals surface area contributed by atoms with E-state index < -0.39 is 18.2 Å². The topological polar surface area (TPSA) is 127 Å². The van der Waals surface area contributed by atoms with Gasteiger partial charge in [0.1, 0.15) is 6.10 Å². The van der Waals surface area contributed by atoms with Gasteiger partial charge in [-0.25, -0.2) is 4.79 Å². The van der Waals surface area contributed by atoms with Gasteiger partial charge in [-0.3, -0.25) is 0 Å². The van der Waals surface area contributed by atoms with E-state index in [-0.39, 0.29) is 11.3 Å². The second-order valence-electron chi connectivity index (χ2n) is 3.01. The number of azide groups is 1. The van der Waals surface area contributed by atoms with E-state index in [1.165, 1.54) is 24.3 Å². The molecule has 0 aromatic heterocycles. The number of carbonyl (C=O) groups is 1. The largest absolute Gasteiger partial charge is 0.479 e. The number of carboxylic acids is 1. The summed E-state index contributed by atoms with van der Waals surface area (Å²) in [4.78, 5) is 13.0. The zero-order valence-electron chi connectivity index (χ0n) is 8.06. The second kappa shape index (κ2) is 5.13. The average Bonchev–Trinajstić information content (AvgIpc) is 2.28. The summed E-state index contributed by atoms with van der Waals surface area (Å²) in [5.41, 5.74) is 8.60. The van der Waals surface area contributed by atoms with Crippen LogP contribution in [0.4, 0.5) is 5.69 Å². The van der Waals surface area contributed by atoms with Crippen molar-refractivity contribution in [2.45, 2.75) is 12.2 Å². The molecular weight excluding hydrogens is 214 g/mol. The van der Waals surface area contributed by atoms with Gasteiger partial charge >= 0.3 is 5.97 Å². The summed E-state index contributed by atoms with van der Waals surface area (Å²) in [6.07, 6.45) is -3.48. The van der Waals surface area contributed by atoms with Crippen molar-refractivity contribution in [3.05, 3.63) is 40.3 Å². The van der Waals surface area contributed by atoms with Crippen molar-refractivity contribution in [3.8, 4) is 0 Å². The SMILES string of the molecule is [N-]=[N+]=Nc1cccc(C(O)C(O)C(=O)O)c1. The van der Waals surface area contributed by atoms with Crippen LogP contribution in [0.2, 0.25) is 0 Å². The molecule has 0 aliphatic heterocycles. The molecule has 0 heterocycles. The van der Waals surface area contributed by atoms with Crippen LogP contribution in [0, 0.1) is 0 Å². The molecule has 0 saturated carbocycles. The highest BCUT2D eigenvalue weighted by Gasteiger charge is 2.24. The van der Waals surface area contributed by atoms with Gasteiger partial charge in [0.15, 0.2) is 6.10 Å². The predicted octanol–water partition coefficient (Wildman–Crippen LogP) is 1.11. The summed E-state index contributed by atoms with van der Waals surface area (Å²) in [6, 6.07) is 5.70. The van der Waals surface area contributed by atoms with Crippen LogP contribution in [-0.2, 0) is 4.79 Å². The third-order valence-corrected chi connectivity index (χ3v) is 1.92. The molecule has 2 atom stereocenters. The third-order valence-electron chi connectivity index (χ3n) is 1.92. The Kier molecular flexibility index (Phi) is 3.84. The summed E-state index contributed by atoms with van der Waals surface area (Å²) in [7, 11) is 0. The Morgan fingerprint density at radius 3 is 2.69 bits per heavy atom. The Balaban J connectivity index is 2.99. The molecular formula is C9H9N3O4. The maximum Gasteiger partial charge on any atom is 0.335 e. The number of nitrogens with zero attached hydrogens (tertiary/aromatic N) is 3. The van der Waals surface area contributed by atoms with Crippen LogP contribution >= 0.6 is 0 Å². The number of hydrogen-bond acceptors (Lipinski definition) is 4. The van der Waals surface area contributed by atoms with Crippen LogP contribution in [-0.4, -0.2) is 27.4 Å². The minimum Gasteiger partial charge on any atom is -0.479 e. The molecule has 1 aromatic carbocycles. The lowest BCUT2D eigenvalue weighted by molar-refractivity contribution is -0.153. The quantitative estimate of drug-likeness (QED) is 0.401. The number of benzene rings is 1. The van der Waals surface area contributed by atoms with Gasteiger partial charge in [0.25, 0.3) is 0 Å². The number of aliphatic hydroxyl groups excluding tert-OH is 2. The van der Waals surface area contributed by atoms with Gasteiger partial charge < -0.3 is 15.3 Å². The van der Waals surface area contributed by atoms with Gasteiger partial charge in [0, 0.05) is 10.6 Å². The molecule has 16 heavy (non-hydrogen) atoms. The van der Waals surface area contributed by atoms with Crippen molar-refractivity contribution in [2.75, 3.05) is 0 Å². The number of aliphatic carboxylic acids is 1. The molecule has 1 aromatic rings. The van der Waals surface area contributed by atoms with Crippen LogP contribution in [0.5, 0.6) is 0 Å². The molecule has 3 N–H and O–H groups in total. The van der Waals surface area contributed by atoms with Gasteiger partial charge in [-0.15, -0.1) is 0 Å². The first-order chi connectivity index (χ1) is 7.56. The summed E-state index contributed by atoms with van der Waals surface area (Å²) in [5.74, 6) is -1.53. The lowest BCUT2D eigenvalue weighted by Crippen LogP contribution is -2.27. The van der Waals surface area contributed by atoms with Crippen molar-refractivity contribution in [2.24, 2.45) is 5.11 Å². The smallest absolute Gasteiger partial charge is 0.335 e. The molecule has 2 unspecified atom stereocenters. The molecule has 1 rings (SSSR count). The zero-order chi connectivity index (χ0) is 12.1. The van der Waals surface area contributed by atoms with Crippen molar-refractivity contribution < 1.29 is 20.1 Å². The molecule has 0 saturated heterocycles. The lowest BCUT2D eigenvalue weighted by atomic mass is 10.0. The highest BCUT2D eigenvalue weighted by Crippen LogP contribution is 2.22. The minimum absolute atomic E-state index is 0.166. The molecule has 0 spiro atoms. The average molecular weight is 223 g/mol. The van der Waals surface area contributed by atoms with Crippen molar-refractivity contribution in [1.29, 1.82) is 0 Å². The maximum absolute atomic E-state index is 10.4. The van der Waals surface area contributed by atoms with Crippen LogP contribution in [0.3, 0.4) is 0 Å².